The molecule has 0 amide bonds. The molecule has 2 aromatic rings. The van der Waals surface area contributed by atoms with E-state index in [2.05, 4.69) is 44.2 Å². The Hall–Kier alpha value is -1.73. The SMILES string of the molecule is CN(C)CCCCNc1nc(Cl)nc(-n2ccnc2)n1. The van der Waals surface area contributed by atoms with E-state index >= 15 is 0 Å². The monoisotopic (exact) mass is 295 g/mol. The third-order valence-electron chi connectivity index (χ3n) is 2.65. The van der Waals surface area contributed by atoms with Crippen LogP contribution in [-0.2, 0) is 0 Å². The first-order chi connectivity index (χ1) is 9.65. The largest absolute Gasteiger partial charge is 0.354 e. The molecule has 0 aliphatic rings. The molecule has 108 valence electrons. The molecule has 7 nitrogen and oxygen atoms in total. The molecule has 0 spiro atoms. The number of aromatic nitrogens is 5. The maximum absolute atomic E-state index is 5.91. The molecule has 0 aromatic carbocycles. The van der Waals surface area contributed by atoms with Crippen molar-refractivity contribution in [2.45, 2.75) is 12.8 Å². The second-order valence-corrected chi connectivity index (χ2v) is 4.97. The molecule has 2 rings (SSSR count). The van der Waals surface area contributed by atoms with Crippen LogP contribution in [0.1, 0.15) is 12.8 Å². The number of imidazole rings is 1. The number of rotatable bonds is 7. The molecular formula is C12H18ClN7. The van der Waals surface area contributed by atoms with Crippen LogP contribution in [0.4, 0.5) is 5.95 Å². The minimum absolute atomic E-state index is 0.166. The van der Waals surface area contributed by atoms with Crippen LogP contribution >= 0.6 is 11.6 Å². The lowest BCUT2D eigenvalue weighted by molar-refractivity contribution is 0.396. The summed E-state index contributed by atoms with van der Waals surface area (Å²) in [5.74, 6) is 0.942. The Bertz CT molecular complexity index is 527. The highest BCUT2D eigenvalue weighted by molar-refractivity contribution is 6.28. The highest BCUT2D eigenvalue weighted by Gasteiger charge is 2.06. The molecule has 0 fully saturated rings. The summed E-state index contributed by atoms with van der Waals surface area (Å²) >= 11 is 5.91. The first-order valence-electron chi connectivity index (χ1n) is 6.43. The second kappa shape index (κ2) is 7.16. The van der Waals surface area contributed by atoms with Crippen molar-refractivity contribution in [3.05, 3.63) is 24.0 Å². The van der Waals surface area contributed by atoms with Gasteiger partial charge in [-0.1, -0.05) is 0 Å². The van der Waals surface area contributed by atoms with Gasteiger partial charge >= 0.3 is 0 Å². The fraction of sp³-hybridized carbons (Fsp3) is 0.500. The minimum atomic E-state index is 0.166. The number of nitrogens with zero attached hydrogens (tertiary/aromatic N) is 6. The van der Waals surface area contributed by atoms with E-state index < -0.39 is 0 Å². The van der Waals surface area contributed by atoms with Gasteiger partial charge < -0.3 is 10.2 Å². The summed E-state index contributed by atoms with van der Waals surface area (Å²) in [6.07, 6.45) is 7.19. The summed E-state index contributed by atoms with van der Waals surface area (Å²) < 4.78 is 1.69. The molecule has 0 radical (unpaired) electrons. The van der Waals surface area contributed by atoms with E-state index in [1.807, 2.05) is 0 Å². The van der Waals surface area contributed by atoms with Gasteiger partial charge in [-0.05, 0) is 45.1 Å². The van der Waals surface area contributed by atoms with Crippen molar-refractivity contribution in [3.63, 3.8) is 0 Å². The third-order valence-corrected chi connectivity index (χ3v) is 2.82. The van der Waals surface area contributed by atoms with Crippen LogP contribution in [-0.4, -0.2) is 56.6 Å². The molecule has 0 aliphatic heterocycles. The zero-order chi connectivity index (χ0) is 14.4. The van der Waals surface area contributed by atoms with Crippen LogP contribution in [0.5, 0.6) is 0 Å². The van der Waals surface area contributed by atoms with E-state index in [9.17, 15) is 0 Å². The van der Waals surface area contributed by atoms with Crippen molar-refractivity contribution < 1.29 is 0 Å². The Morgan fingerprint density at radius 2 is 2.10 bits per heavy atom. The quantitative estimate of drug-likeness (QED) is 0.780. The Morgan fingerprint density at radius 1 is 1.25 bits per heavy atom. The van der Waals surface area contributed by atoms with Crippen LogP contribution in [0, 0.1) is 0 Å². The Morgan fingerprint density at radius 3 is 2.80 bits per heavy atom. The smallest absolute Gasteiger partial charge is 0.241 e. The zero-order valence-corrected chi connectivity index (χ0v) is 12.4. The van der Waals surface area contributed by atoms with Gasteiger partial charge in [0.1, 0.15) is 6.33 Å². The number of unbranched alkanes of at least 4 members (excludes halogenated alkanes) is 1. The van der Waals surface area contributed by atoms with Gasteiger partial charge in [-0.15, -0.1) is 0 Å². The number of hydrogen-bond donors (Lipinski definition) is 1. The normalized spacial score (nSPS) is 11.0. The molecule has 1 N–H and O–H groups in total. The summed E-state index contributed by atoms with van der Waals surface area (Å²) in [6, 6.07) is 0. The molecule has 0 aliphatic carbocycles. The van der Waals surface area contributed by atoms with Crippen LogP contribution in [0.3, 0.4) is 0 Å². The van der Waals surface area contributed by atoms with Gasteiger partial charge in [-0.2, -0.15) is 15.0 Å². The highest BCUT2D eigenvalue weighted by atomic mass is 35.5. The topological polar surface area (TPSA) is 71.8 Å². The van der Waals surface area contributed by atoms with Crippen LogP contribution < -0.4 is 5.32 Å². The van der Waals surface area contributed by atoms with E-state index in [1.165, 1.54) is 0 Å². The lowest BCUT2D eigenvalue weighted by Crippen LogP contribution is -2.15. The minimum Gasteiger partial charge on any atom is -0.354 e. The van der Waals surface area contributed by atoms with Gasteiger partial charge in [-0.25, -0.2) is 4.98 Å². The second-order valence-electron chi connectivity index (χ2n) is 4.64. The van der Waals surface area contributed by atoms with Crippen molar-refractivity contribution in [1.29, 1.82) is 0 Å². The Labute approximate surface area is 123 Å². The van der Waals surface area contributed by atoms with Crippen molar-refractivity contribution in [2.24, 2.45) is 0 Å². The van der Waals surface area contributed by atoms with Gasteiger partial charge in [-0.3, -0.25) is 4.57 Å². The standard InChI is InChI=1S/C12H18ClN7/c1-19(2)7-4-3-5-15-11-16-10(13)17-12(18-11)20-8-6-14-9-20/h6,8-9H,3-5,7H2,1-2H3,(H,15,16,17,18). The first kappa shape index (κ1) is 14.7. The molecule has 20 heavy (non-hydrogen) atoms. The molecule has 0 bridgehead atoms. The van der Waals surface area contributed by atoms with E-state index in [1.54, 1.807) is 23.3 Å². The van der Waals surface area contributed by atoms with Crippen LogP contribution in [0.25, 0.3) is 5.95 Å². The van der Waals surface area contributed by atoms with Crippen LogP contribution in [0.2, 0.25) is 5.28 Å². The highest BCUT2D eigenvalue weighted by Crippen LogP contribution is 2.09. The molecule has 0 atom stereocenters. The molecule has 0 saturated heterocycles. The Kier molecular flexibility index (Phi) is 5.25. The van der Waals surface area contributed by atoms with E-state index in [0.717, 1.165) is 25.9 Å². The first-order valence-corrected chi connectivity index (χ1v) is 6.81. The molecule has 8 heteroatoms. The number of hydrogen-bond acceptors (Lipinski definition) is 6. The molecule has 2 aromatic heterocycles. The summed E-state index contributed by atoms with van der Waals surface area (Å²) in [7, 11) is 4.13. The fourth-order valence-corrected chi connectivity index (χ4v) is 1.82. The number of anilines is 1. The number of halogens is 1. The summed E-state index contributed by atoms with van der Waals surface area (Å²) in [5, 5.41) is 3.33. The fourth-order valence-electron chi connectivity index (χ4n) is 1.66. The predicted molar refractivity (Wildman–Crippen MR) is 78.2 cm³/mol. The molecule has 0 unspecified atom stereocenters. The van der Waals surface area contributed by atoms with E-state index in [4.69, 9.17) is 11.6 Å². The van der Waals surface area contributed by atoms with Gasteiger partial charge in [0.2, 0.25) is 17.2 Å². The van der Waals surface area contributed by atoms with E-state index in [-0.39, 0.29) is 5.28 Å². The third kappa shape index (κ3) is 4.43. The summed E-state index contributed by atoms with van der Waals surface area (Å²) in [4.78, 5) is 18.6. The summed E-state index contributed by atoms with van der Waals surface area (Å²) in [5.41, 5.74) is 0. The summed E-state index contributed by atoms with van der Waals surface area (Å²) in [6.45, 7) is 1.87. The predicted octanol–water partition coefficient (Wildman–Crippen LogP) is 1.46. The molecule has 2 heterocycles. The molecule has 0 saturated carbocycles. The van der Waals surface area contributed by atoms with Crippen molar-refractivity contribution in [3.8, 4) is 5.95 Å². The van der Waals surface area contributed by atoms with Gasteiger partial charge in [0.15, 0.2) is 0 Å². The lowest BCUT2D eigenvalue weighted by Gasteiger charge is -2.09. The molecular weight excluding hydrogens is 278 g/mol. The maximum atomic E-state index is 5.91. The average Bonchev–Trinajstić information content (AvgIpc) is 2.91. The van der Waals surface area contributed by atoms with Gasteiger partial charge in [0.05, 0.1) is 0 Å². The van der Waals surface area contributed by atoms with Gasteiger partial charge in [0, 0.05) is 18.9 Å². The lowest BCUT2D eigenvalue weighted by atomic mass is 10.3. The van der Waals surface area contributed by atoms with E-state index in [0.29, 0.717) is 11.9 Å². The van der Waals surface area contributed by atoms with Crippen molar-refractivity contribution in [2.75, 3.05) is 32.5 Å². The Balaban J connectivity index is 1.92. The van der Waals surface area contributed by atoms with Crippen molar-refractivity contribution >= 4 is 17.5 Å². The zero-order valence-electron chi connectivity index (χ0n) is 11.6. The maximum Gasteiger partial charge on any atom is 0.241 e. The van der Waals surface area contributed by atoms with Crippen LogP contribution in [0.15, 0.2) is 18.7 Å². The van der Waals surface area contributed by atoms with Crippen molar-refractivity contribution in [1.82, 2.24) is 29.4 Å². The number of nitrogens with one attached hydrogen (secondary N) is 1. The average molecular weight is 296 g/mol. The van der Waals surface area contributed by atoms with Gasteiger partial charge in [0.25, 0.3) is 0 Å².